The average molecular weight is 239 g/mol. The molecule has 6 nitrogen and oxygen atoms in total. The number of rotatable bonds is 6. The van der Waals surface area contributed by atoms with Gasteiger partial charge in [-0.2, -0.15) is 0 Å². The molecule has 0 aliphatic rings. The molecule has 1 amide bonds. The molecule has 0 spiro atoms. The summed E-state index contributed by atoms with van der Waals surface area (Å²) in [5.74, 6) is 0.781. The number of hydrogen-bond acceptors (Lipinski definition) is 4. The summed E-state index contributed by atoms with van der Waals surface area (Å²) in [6, 6.07) is 0.0653. The summed E-state index contributed by atoms with van der Waals surface area (Å²) in [5.41, 5.74) is 0. The largest absolute Gasteiger partial charge is 0.346 e. The van der Waals surface area contributed by atoms with Crippen molar-refractivity contribution in [2.24, 2.45) is 7.05 Å². The first-order valence-electron chi connectivity index (χ1n) is 5.91. The van der Waals surface area contributed by atoms with Gasteiger partial charge in [0.25, 0.3) is 0 Å². The van der Waals surface area contributed by atoms with Gasteiger partial charge in [0.05, 0.1) is 6.04 Å². The minimum absolute atomic E-state index is 0.0222. The lowest BCUT2D eigenvalue weighted by atomic mass is 10.2. The minimum Gasteiger partial charge on any atom is -0.346 e. The summed E-state index contributed by atoms with van der Waals surface area (Å²) in [6.45, 7) is 6.79. The molecule has 0 aliphatic carbocycles. The van der Waals surface area contributed by atoms with Crippen molar-refractivity contribution in [1.29, 1.82) is 0 Å². The van der Waals surface area contributed by atoms with Crippen LogP contribution in [0.25, 0.3) is 0 Å². The quantitative estimate of drug-likeness (QED) is 0.753. The summed E-state index contributed by atoms with van der Waals surface area (Å²) in [5, 5.41) is 13.9. The first kappa shape index (κ1) is 13.6. The van der Waals surface area contributed by atoms with Gasteiger partial charge in [-0.3, -0.25) is 4.79 Å². The predicted molar refractivity (Wildman–Crippen MR) is 65.3 cm³/mol. The Hall–Kier alpha value is -1.43. The van der Waals surface area contributed by atoms with E-state index in [-0.39, 0.29) is 18.0 Å². The molecule has 0 saturated carbocycles. The molecule has 96 valence electrons. The van der Waals surface area contributed by atoms with E-state index in [0.29, 0.717) is 6.42 Å². The maximum Gasteiger partial charge on any atom is 0.222 e. The molecule has 1 aromatic rings. The molecule has 17 heavy (non-hydrogen) atoms. The topological polar surface area (TPSA) is 71.8 Å². The van der Waals surface area contributed by atoms with E-state index >= 15 is 0 Å². The number of carbonyl (C=O) groups is 1. The third kappa shape index (κ3) is 4.14. The van der Waals surface area contributed by atoms with Crippen LogP contribution in [0.3, 0.4) is 0 Å². The lowest BCUT2D eigenvalue weighted by molar-refractivity contribution is -0.122. The Morgan fingerprint density at radius 1 is 1.53 bits per heavy atom. The molecule has 1 aromatic heterocycles. The molecular formula is C11H21N5O. The first-order chi connectivity index (χ1) is 8.04. The highest BCUT2D eigenvalue weighted by Gasteiger charge is 2.15. The minimum atomic E-state index is -0.121. The Morgan fingerprint density at radius 3 is 2.76 bits per heavy atom. The van der Waals surface area contributed by atoms with Gasteiger partial charge in [-0.25, -0.2) is 0 Å². The summed E-state index contributed by atoms with van der Waals surface area (Å²) in [4.78, 5) is 11.7. The van der Waals surface area contributed by atoms with E-state index in [1.165, 1.54) is 0 Å². The van der Waals surface area contributed by atoms with Gasteiger partial charge in [0, 0.05) is 19.5 Å². The summed E-state index contributed by atoms with van der Waals surface area (Å²) < 4.78 is 1.80. The smallest absolute Gasteiger partial charge is 0.222 e. The van der Waals surface area contributed by atoms with Gasteiger partial charge in [-0.05, 0) is 20.4 Å². The van der Waals surface area contributed by atoms with E-state index in [0.717, 1.165) is 12.4 Å². The van der Waals surface area contributed by atoms with Gasteiger partial charge < -0.3 is 15.2 Å². The molecule has 0 radical (unpaired) electrons. The number of aryl methyl sites for hydroxylation is 1. The fourth-order valence-corrected chi connectivity index (χ4v) is 1.75. The number of nitrogens with one attached hydrogen (secondary N) is 2. The van der Waals surface area contributed by atoms with Crippen LogP contribution in [0, 0.1) is 0 Å². The molecule has 2 atom stereocenters. The molecule has 0 fully saturated rings. The van der Waals surface area contributed by atoms with Crippen LogP contribution in [0.2, 0.25) is 0 Å². The molecule has 2 unspecified atom stereocenters. The number of carbonyl (C=O) groups excluding carboxylic acids is 1. The average Bonchev–Trinajstić information content (AvgIpc) is 2.64. The monoisotopic (exact) mass is 239 g/mol. The van der Waals surface area contributed by atoms with Crippen LogP contribution >= 0.6 is 0 Å². The molecule has 1 rings (SSSR count). The third-order valence-corrected chi connectivity index (χ3v) is 2.56. The lowest BCUT2D eigenvalue weighted by Gasteiger charge is -2.16. The van der Waals surface area contributed by atoms with E-state index in [1.54, 1.807) is 10.9 Å². The van der Waals surface area contributed by atoms with E-state index in [1.807, 2.05) is 27.8 Å². The van der Waals surface area contributed by atoms with Crippen molar-refractivity contribution in [2.45, 2.75) is 39.3 Å². The highest BCUT2D eigenvalue weighted by molar-refractivity contribution is 5.76. The van der Waals surface area contributed by atoms with Crippen LogP contribution < -0.4 is 10.6 Å². The van der Waals surface area contributed by atoms with Crippen molar-refractivity contribution in [2.75, 3.05) is 6.54 Å². The van der Waals surface area contributed by atoms with Gasteiger partial charge in [0.1, 0.15) is 6.33 Å². The van der Waals surface area contributed by atoms with Crippen LogP contribution in [0.1, 0.15) is 39.1 Å². The number of amides is 1. The van der Waals surface area contributed by atoms with E-state index < -0.39 is 0 Å². The molecule has 0 aliphatic heterocycles. The Bertz CT molecular complexity index is 362. The summed E-state index contributed by atoms with van der Waals surface area (Å²) in [7, 11) is 1.86. The van der Waals surface area contributed by atoms with Crippen LogP contribution in [0.15, 0.2) is 6.33 Å². The van der Waals surface area contributed by atoms with Crippen molar-refractivity contribution < 1.29 is 4.79 Å². The Balaban J connectivity index is 2.44. The Kier molecular flexibility index (Phi) is 5.09. The van der Waals surface area contributed by atoms with E-state index in [9.17, 15) is 4.79 Å². The third-order valence-electron chi connectivity index (χ3n) is 2.56. The zero-order chi connectivity index (χ0) is 12.8. The molecule has 0 aromatic carbocycles. The van der Waals surface area contributed by atoms with Gasteiger partial charge in [-0.15, -0.1) is 10.2 Å². The highest BCUT2D eigenvalue weighted by atomic mass is 16.1. The van der Waals surface area contributed by atoms with Crippen LogP contribution in [0.5, 0.6) is 0 Å². The predicted octanol–water partition coefficient (Wildman–Crippen LogP) is 0.380. The van der Waals surface area contributed by atoms with Crippen molar-refractivity contribution in [3.05, 3.63) is 12.2 Å². The molecule has 2 N–H and O–H groups in total. The second-order valence-corrected chi connectivity index (χ2v) is 4.25. The fourth-order valence-electron chi connectivity index (χ4n) is 1.75. The molecular weight excluding hydrogens is 218 g/mol. The zero-order valence-electron chi connectivity index (χ0n) is 10.9. The summed E-state index contributed by atoms with van der Waals surface area (Å²) in [6.07, 6.45) is 2.09. The van der Waals surface area contributed by atoms with Crippen molar-refractivity contribution in [3.8, 4) is 0 Å². The number of nitrogens with zero attached hydrogens (tertiary/aromatic N) is 3. The second-order valence-electron chi connectivity index (χ2n) is 4.25. The van der Waals surface area contributed by atoms with Gasteiger partial charge in [0.2, 0.25) is 5.91 Å². The highest BCUT2D eigenvalue weighted by Crippen LogP contribution is 2.07. The molecule has 1 heterocycles. The first-order valence-corrected chi connectivity index (χ1v) is 5.91. The zero-order valence-corrected chi connectivity index (χ0v) is 10.9. The van der Waals surface area contributed by atoms with Crippen molar-refractivity contribution in [3.63, 3.8) is 0 Å². The lowest BCUT2D eigenvalue weighted by Crippen LogP contribution is -2.35. The molecule has 6 heteroatoms. The molecule has 0 saturated heterocycles. The van der Waals surface area contributed by atoms with Crippen molar-refractivity contribution >= 4 is 5.91 Å². The Morgan fingerprint density at radius 2 is 2.24 bits per heavy atom. The van der Waals surface area contributed by atoms with E-state index in [2.05, 4.69) is 20.8 Å². The second kappa shape index (κ2) is 6.34. The van der Waals surface area contributed by atoms with Gasteiger partial charge >= 0.3 is 0 Å². The number of hydrogen-bond donors (Lipinski definition) is 2. The van der Waals surface area contributed by atoms with Crippen LogP contribution in [0.4, 0.5) is 0 Å². The van der Waals surface area contributed by atoms with Crippen LogP contribution in [-0.4, -0.2) is 33.3 Å². The van der Waals surface area contributed by atoms with Crippen molar-refractivity contribution in [1.82, 2.24) is 25.4 Å². The molecule has 0 bridgehead atoms. The number of aromatic nitrogens is 3. The fraction of sp³-hybridized carbons (Fsp3) is 0.727. The summed E-state index contributed by atoms with van der Waals surface area (Å²) >= 11 is 0. The van der Waals surface area contributed by atoms with E-state index in [4.69, 9.17) is 0 Å². The maximum atomic E-state index is 11.7. The van der Waals surface area contributed by atoms with Gasteiger partial charge in [0.15, 0.2) is 5.82 Å². The maximum absolute atomic E-state index is 11.7. The Labute approximate surface area is 102 Å². The normalized spacial score (nSPS) is 14.4. The SMILES string of the molecule is CCNC(C)CC(=O)NC(C)c1nncn1C. The standard InChI is InChI=1S/C11H21N5O/c1-5-12-8(2)6-10(17)14-9(3)11-15-13-7-16(11)4/h7-9,12H,5-6H2,1-4H3,(H,14,17). The van der Waals surface area contributed by atoms with Gasteiger partial charge in [-0.1, -0.05) is 6.92 Å². The van der Waals surface area contributed by atoms with Crippen LogP contribution in [-0.2, 0) is 11.8 Å².